The number of sulfonamides is 1. The molecule has 9 heteroatoms. The first-order chi connectivity index (χ1) is 16.9. The van der Waals surface area contributed by atoms with Crippen LogP contribution >= 0.6 is 15.9 Å². The van der Waals surface area contributed by atoms with Crippen LogP contribution < -0.4 is 0 Å². The fraction of sp³-hybridized carbons (Fsp3) is 0.536. The molecule has 0 spiro atoms. The highest BCUT2D eigenvalue weighted by molar-refractivity contribution is 9.10. The number of hydrogen-bond donors (Lipinski definition) is 0. The Morgan fingerprint density at radius 2 is 1.68 bits per heavy atom. The zero-order valence-electron chi connectivity index (χ0n) is 23.1. The lowest BCUT2D eigenvalue weighted by Gasteiger charge is -2.45. The van der Waals surface area contributed by atoms with E-state index >= 15 is 0 Å². The van der Waals surface area contributed by atoms with Crippen LogP contribution in [0.5, 0.6) is 0 Å². The van der Waals surface area contributed by atoms with Crippen LogP contribution in [0.4, 0.5) is 4.39 Å². The maximum absolute atomic E-state index is 14.9. The van der Waals surface area contributed by atoms with Gasteiger partial charge in [0.05, 0.1) is 0 Å². The second-order valence-corrected chi connectivity index (χ2v) is 19.6. The first-order valence-electron chi connectivity index (χ1n) is 12.6. The minimum Gasteiger partial charge on any atom is -0.472 e. The van der Waals surface area contributed by atoms with Crippen molar-refractivity contribution < 1.29 is 22.0 Å². The Hall–Kier alpha value is -1.55. The van der Waals surface area contributed by atoms with E-state index in [1.807, 2.05) is 12.1 Å². The molecule has 1 aliphatic rings. The van der Waals surface area contributed by atoms with Gasteiger partial charge in [0.25, 0.3) is 10.0 Å². The van der Waals surface area contributed by atoms with Crippen LogP contribution in [-0.4, -0.2) is 34.8 Å². The molecule has 0 aromatic heterocycles. The minimum absolute atomic E-state index is 0.0483. The van der Waals surface area contributed by atoms with Gasteiger partial charge in [-0.25, -0.2) is 12.8 Å². The van der Waals surface area contributed by atoms with Crippen LogP contribution in [0, 0.1) is 5.82 Å². The molecule has 2 atom stereocenters. The quantitative estimate of drug-likeness (QED) is 0.284. The largest absolute Gasteiger partial charge is 0.472 e. The third-order valence-electron chi connectivity index (χ3n) is 8.16. The van der Waals surface area contributed by atoms with Crippen molar-refractivity contribution in [3.8, 4) is 0 Å². The van der Waals surface area contributed by atoms with Gasteiger partial charge in [-0.05, 0) is 80.6 Å². The van der Waals surface area contributed by atoms with E-state index in [2.05, 4.69) is 54.2 Å². The standard InChI is InChI=1S/C28H39BrFNO4SSi/c1-26(2,3)37(7,8)34-18-17-20(23-11-9-10-12-24(23)30)19-25-31-36(32,33)28(6,27(4,5)35-25)21-13-15-22(29)16-14-21/h9-16,20H,17-19H2,1-8H3/t20-,28?/m1/s1. The average Bonchev–Trinajstić information content (AvgIpc) is 2.76. The van der Waals surface area contributed by atoms with Crippen molar-refractivity contribution in [1.82, 2.24) is 0 Å². The zero-order valence-corrected chi connectivity index (χ0v) is 26.5. The first kappa shape index (κ1) is 30.0. The zero-order chi connectivity index (χ0) is 27.9. The number of ether oxygens (including phenoxy) is 1. The summed E-state index contributed by atoms with van der Waals surface area (Å²) in [4.78, 5) is 0. The van der Waals surface area contributed by atoms with Crippen molar-refractivity contribution in [2.45, 2.75) is 88.8 Å². The highest BCUT2D eigenvalue weighted by Gasteiger charge is 2.58. The van der Waals surface area contributed by atoms with E-state index in [4.69, 9.17) is 9.16 Å². The molecule has 1 heterocycles. The number of halogens is 2. The third-order valence-corrected chi connectivity index (χ3v) is 15.4. The highest BCUT2D eigenvalue weighted by Crippen LogP contribution is 2.47. The molecule has 0 N–H and O–H groups in total. The summed E-state index contributed by atoms with van der Waals surface area (Å²) in [7, 11) is -6.02. The van der Waals surface area contributed by atoms with Crippen LogP contribution in [-0.2, 0) is 23.9 Å². The minimum atomic E-state index is -4.02. The van der Waals surface area contributed by atoms with Gasteiger partial charge in [0.15, 0.2) is 13.1 Å². The first-order valence-corrected chi connectivity index (χ1v) is 17.7. The summed E-state index contributed by atoms with van der Waals surface area (Å²) in [6, 6.07) is 13.8. The molecule has 0 amide bonds. The van der Waals surface area contributed by atoms with Crippen LogP contribution in [0.15, 0.2) is 57.4 Å². The van der Waals surface area contributed by atoms with Gasteiger partial charge < -0.3 is 9.16 Å². The van der Waals surface area contributed by atoms with Gasteiger partial charge in [-0.3, -0.25) is 0 Å². The predicted octanol–water partition coefficient (Wildman–Crippen LogP) is 7.93. The van der Waals surface area contributed by atoms with Crippen molar-refractivity contribution in [3.05, 3.63) is 69.9 Å². The number of hydrogen-bond acceptors (Lipinski definition) is 4. The lowest BCUT2D eigenvalue weighted by Crippen LogP contribution is -2.56. The molecule has 3 rings (SSSR count). The molecular weight excluding hydrogens is 573 g/mol. The number of nitrogens with zero attached hydrogens (tertiary/aromatic N) is 1. The van der Waals surface area contributed by atoms with Crippen LogP contribution in [0.2, 0.25) is 18.1 Å². The molecule has 0 fully saturated rings. The van der Waals surface area contributed by atoms with E-state index in [0.29, 0.717) is 24.2 Å². The van der Waals surface area contributed by atoms with Gasteiger partial charge in [-0.15, -0.1) is 4.40 Å². The normalized spacial score (nSPS) is 22.2. The average molecular weight is 613 g/mol. The third kappa shape index (κ3) is 6.05. The Balaban J connectivity index is 1.94. The molecular formula is C28H39BrFNO4SSi. The van der Waals surface area contributed by atoms with Crippen LogP contribution in [0.1, 0.15) is 71.4 Å². The van der Waals surface area contributed by atoms with Crippen molar-refractivity contribution in [2.24, 2.45) is 4.40 Å². The summed E-state index contributed by atoms with van der Waals surface area (Å²) in [5, 5.41) is 0.0483. The molecule has 0 saturated heterocycles. The molecule has 0 radical (unpaired) electrons. The fourth-order valence-electron chi connectivity index (χ4n) is 4.35. The molecule has 37 heavy (non-hydrogen) atoms. The van der Waals surface area contributed by atoms with E-state index in [9.17, 15) is 12.8 Å². The molecule has 204 valence electrons. The van der Waals surface area contributed by atoms with E-state index in [0.717, 1.165) is 4.47 Å². The molecule has 1 unspecified atom stereocenters. The van der Waals surface area contributed by atoms with Crippen molar-refractivity contribution in [1.29, 1.82) is 0 Å². The van der Waals surface area contributed by atoms with Gasteiger partial charge in [-0.2, -0.15) is 0 Å². The van der Waals surface area contributed by atoms with Gasteiger partial charge in [0.2, 0.25) is 5.90 Å². The summed E-state index contributed by atoms with van der Waals surface area (Å²) in [6.07, 6.45) is 0.668. The summed E-state index contributed by atoms with van der Waals surface area (Å²) in [6.45, 7) is 16.5. The smallest absolute Gasteiger partial charge is 0.269 e. The Bertz CT molecular complexity index is 1260. The number of rotatable bonds is 8. The monoisotopic (exact) mass is 611 g/mol. The molecule has 1 aliphatic heterocycles. The van der Waals surface area contributed by atoms with Crippen molar-refractivity contribution >= 4 is 40.2 Å². The lowest BCUT2D eigenvalue weighted by molar-refractivity contribution is 0.0424. The van der Waals surface area contributed by atoms with Crippen LogP contribution in [0.3, 0.4) is 0 Å². The maximum Gasteiger partial charge on any atom is 0.269 e. The molecule has 0 saturated carbocycles. The van der Waals surface area contributed by atoms with Crippen LogP contribution in [0.25, 0.3) is 0 Å². The Morgan fingerprint density at radius 1 is 1.08 bits per heavy atom. The second-order valence-electron chi connectivity index (χ2n) is 11.9. The van der Waals surface area contributed by atoms with E-state index in [1.54, 1.807) is 51.1 Å². The van der Waals surface area contributed by atoms with E-state index in [1.165, 1.54) is 6.07 Å². The highest BCUT2D eigenvalue weighted by atomic mass is 79.9. The van der Waals surface area contributed by atoms with Gasteiger partial charge >= 0.3 is 0 Å². The van der Waals surface area contributed by atoms with E-state index in [-0.39, 0.29) is 29.1 Å². The number of benzene rings is 2. The topological polar surface area (TPSA) is 65.0 Å². The Labute approximate surface area is 231 Å². The van der Waals surface area contributed by atoms with Gasteiger partial charge in [0.1, 0.15) is 11.4 Å². The molecule has 0 aliphatic carbocycles. The molecule has 0 bridgehead atoms. The molecule has 2 aromatic carbocycles. The van der Waals surface area contributed by atoms with Gasteiger partial charge in [-0.1, -0.05) is 67.0 Å². The second kappa shape index (κ2) is 10.5. The Morgan fingerprint density at radius 3 is 2.22 bits per heavy atom. The molecule has 2 aromatic rings. The maximum atomic E-state index is 14.9. The SMILES string of the molecule is CC1(C)OC(C[C@@H](CCO[Si](C)(C)C(C)(C)C)c2ccccc2F)=NS(=O)(=O)C1(C)c1ccc(Br)cc1. The van der Waals surface area contributed by atoms with Crippen molar-refractivity contribution in [2.75, 3.05) is 6.61 Å². The summed E-state index contributed by atoms with van der Waals surface area (Å²) in [5.74, 6) is -0.592. The summed E-state index contributed by atoms with van der Waals surface area (Å²) in [5.41, 5.74) is -0.0187. The van der Waals surface area contributed by atoms with Gasteiger partial charge in [0, 0.05) is 17.5 Å². The summed E-state index contributed by atoms with van der Waals surface area (Å²) < 4.78 is 58.5. The lowest BCUT2D eigenvalue weighted by atomic mass is 9.84. The predicted molar refractivity (Wildman–Crippen MR) is 155 cm³/mol. The Kier molecular flexibility index (Phi) is 8.55. The fourth-order valence-corrected chi connectivity index (χ4v) is 7.33. The molecule has 5 nitrogen and oxygen atoms in total. The van der Waals surface area contributed by atoms with Crippen molar-refractivity contribution in [3.63, 3.8) is 0 Å². The summed E-state index contributed by atoms with van der Waals surface area (Å²) >= 11 is 3.41. The van der Waals surface area contributed by atoms with E-state index < -0.39 is 28.7 Å².